The van der Waals surface area contributed by atoms with Crippen molar-refractivity contribution in [3.05, 3.63) is 59.5 Å². The third-order valence-electron chi connectivity index (χ3n) is 7.27. The molecule has 0 bridgehead atoms. The molecule has 1 atom stereocenters. The highest BCUT2D eigenvalue weighted by Crippen LogP contribution is 2.33. The minimum atomic E-state index is -0.0207. The number of hydrogen-bond acceptors (Lipinski definition) is 4. The summed E-state index contributed by atoms with van der Waals surface area (Å²) < 4.78 is 3.95. The standard InChI is InChI=1S/C26H30N6O/c1-18-17-32-24(27-25(18)30-11-5-6-12-30)16-21(28-32)22-7-3-4-13-31(22)26(33)20-9-8-19-10-14-29(2)23(19)15-20/h8-10,14-17,22H,3-7,11-13H2,1-2H3/t22-/m0/s1. The summed E-state index contributed by atoms with van der Waals surface area (Å²) in [5, 5.41) is 6.04. The van der Waals surface area contributed by atoms with E-state index in [1.54, 1.807) is 0 Å². The molecule has 2 fully saturated rings. The second kappa shape index (κ2) is 7.90. The molecule has 0 spiro atoms. The maximum Gasteiger partial charge on any atom is 0.254 e. The normalized spacial score (nSPS) is 19.2. The first kappa shape index (κ1) is 20.3. The molecule has 0 N–H and O–H groups in total. The van der Waals surface area contributed by atoms with Crippen molar-refractivity contribution in [3.8, 4) is 0 Å². The first-order valence-corrected chi connectivity index (χ1v) is 12.1. The lowest BCUT2D eigenvalue weighted by Gasteiger charge is -2.34. The molecule has 1 aromatic carbocycles. The van der Waals surface area contributed by atoms with Crippen LogP contribution < -0.4 is 4.90 Å². The zero-order valence-electron chi connectivity index (χ0n) is 19.4. The van der Waals surface area contributed by atoms with Crippen LogP contribution >= 0.6 is 0 Å². The number of rotatable bonds is 3. The Morgan fingerprint density at radius 2 is 1.85 bits per heavy atom. The molecule has 2 aliphatic rings. The van der Waals surface area contributed by atoms with Crippen LogP contribution in [0.2, 0.25) is 0 Å². The van der Waals surface area contributed by atoms with Crippen molar-refractivity contribution in [1.82, 2.24) is 24.1 Å². The zero-order chi connectivity index (χ0) is 22.5. The average Bonchev–Trinajstić information content (AvgIpc) is 3.58. The molecule has 7 heteroatoms. The zero-order valence-corrected chi connectivity index (χ0v) is 19.4. The van der Waals surface area contributed by atoms with Crippen LogP contribution in [0.5, 0.6) is 0 Å². The van der Waals surface area contributed by atoms with E-state index < -0.39 is 0 Å². The minimum Gasteiger partial charge on any atom is -0.356 e. The summed E-state index contributed by atoms with van der Waals surface area (Å²) in [7, 11) is 2.02. The number of likely N-dealkylation sites (tertiary alicyclic amines) is 1. The number of fused-ring (bicyclic) bond motifs is 2. The molecule has 0 radical (unpaired) electrons. The van der Waals surface area contributed by atoms with E-state index in [1.807, 2.05) is 40.9 Å². The van der Waals surface area contributed by atoms with Crippen LogP contribution in [0.25, 0.3) is 16.6 Å². The molecule has 0 unspecified atom stereocenters. The van der Waals surface area contributed by atoms with Gasteiger partial charge in [0.05, 0.1) is 11.7 Å². The number of aryl methyl sites for hydroxylation is 2. The molecule has 0 aliphatic carbocycles. The first-order chi connectivity index (χ1) is 16.1. The van der Waals surface area contributed by atoms with Crippen molar-refractivity contribution in [2.24, 2.45) is 7.05 Å². The molecule has 6 rings (SSSR count). The van der Waals surface area contributed by atoms with Crippen molar-refractivity contribution in [3.63, 3.8) is 0 Å². The maximum atomic E-state index is 13.6. The summed E-state index contributed by atoms with van der Waals surface area (Å²) in [4.78, 5) is 23.0. The lowest BCUT2D eigenvalue weighted by Crippen LogP contribution is -2.38. The summed E-state index contributed by atoms with van der Waals surface area (Å²) in [5.74, 6) is 1.15. The second-order valence-electron chi connectivity index (χ2n) is 9.52. The Bertz CT molecular complexity index is 1350. The van der Waals surface area contributed by atoms with Gasteiger partial charge in [-0.25, -0.2) is 9.50 Å². The Balaban J connectivity index is 1.34. The molecule has 5 heterocycles. The number of amides is 1. The summed E-state index contributed by atoms with van der Waals surface area (Å²) in [6.07, 6.45) is 9.63. The number of benzene rings is 1. The van der Waals surface area contributed by atoms with Gasteiger partial charge < -0.3 is 14.4 Å². The predicted octanol–water partition coefficient (Wildman–Crippen LogP) is 4.50. The highest BCUT2D eigenvalue weighted by atomic mass is 16.2. The van der Waals surface area contributed by atoms with Crippen molar-refractivity contribution >= 4 is 28.3 Å². The highest BCUT2D eigenvalue weighted by molar-refractivity contribution is 5.98. The average molecular weight is 443 g/mol. The lowest BCUT2D eigenvalue weighted by atomic mass is 9.98. The van der Waals surface area contributed by atoms with E-state index in [9.17, 15) is 4.79 Å². The summed E-state index contributed by atoms with van der Waals surface area (Å²) in [6, 6.07) is 10.1. The second-order valence-corrected chi connectivity index (χ2v) is 9.52. The van der Waals surface area contributed by atoms with E-state index in [-0.39, 0.29) is 11.9 Å². The number of carbonyl (C=O) groups excluding carboxylic acids is 1. The number of carbonyl (C=O) groups is 1. The number of aromatic nitrogens is 4. The van der Waals surface area contributed by atoms with Gasteiger partial charge in [-0.3, -0.25) is 4.79 Å². The maximum absolute atomic E-state index is 13.6. The fourth-order valence-electron chi connectivity index (χ4n) is 5.47. The van der Waals surface area contributed by atoms with Gasteiger partial charge in [-0.05, 0) is 62.6 Å². The number of piperidine rings is 1. The van der Waals surface area contributed by atoms with Gasteiger partial charge in [0.15, 0.2) is 5.65 Å². The molecule has 0 saturated carbocycles. The Hall–Kier alpha value is -3.35. The van der Waals surface area contributed by atoms with E-state index in [0.29, 0.717) is 0 Å². The Morgan fingerprint density at radius 3 is 2.70 bits per heavy atom. The Labute approximate surface area is 193 Å². The van der Waals surface area contributed by atoms with Crippen LogP contribution in [0.1, 0.15) is 59.8 Å². The van der Waals surface area contributed by atoms with E-state index in [0.717, 1.165) is 78.1 Å². The minimum absolute atomic E-state index is 0.0207. The van der Waals surface area contributed by atoms with Crippen molar-refractivity contribution in [1.29, 1.82) is 0 Å². The summed E-state index contributed by atoms with van der Waals surface area (Å²) in [5.41, 5.74) is 4.77. The van der Waals surface area contributed by atoms with E-state index in [2.05, 4.69) is 34.7 Å². The van der Waals surface area contributed by atoms with Crippen LogP contribution in [-0.2, 0) is 7.05 Å². The van der Waals surface area contributed by atoms with Crippen LogP contribution in [0, 0.1) is 6.92 Å². The van der Waals surface area contributed by atoms with Gasteiger partial charge in [0.25, 0.3) is 5.91 Å². The van der Waals surface area contributed by atoms with E-state index in [4.69, 9.17) is 10.1 Å². The summed E-state index contributed by atoms with van der Waals surface area (Å²) >= 11 is 0. The molecule has 7 nitrogen and oxygen atoms in total. The fraction of sp³-hybridized carbons (Fsp3) is 0.423. The van der Waals surface area contributed by atoms with Crippen LogP contribution in [0.3, 0.4) is 0 Å². The molecule has 1 amide bonds. The number of anilines is 1. The molecular weight excluding hydrogens is 412 g/mol. The molecule has 33 heavy (non-hydrogen) atoms. The van der Waals surface area contributed by atoms with Crippen LogP contribution in [0.4, 0.5) is 5.82 Å². The lowest BCUT2D eigenvalue weighted by molar-refractivity contribution is 0.0606. The van der Waals surface area contributed by atoms with Gasteiger partial charge in [-0.1, -0.05) is 6.07 Å². The highest BCUT2D eigenvalue weighted by Gasteiger charge is 2.31. The van der Waals surface area contributed by atoms with Gasteiger partial charge in [-0.2, -0.15) is 5.10 Å². The molecule has 2 aliphatic heterocycles. The Morgan fingerprint density at radius 1 is 1.03 bits per heavy atom. The topological polar surface area (TPSA) is 58.7 Å². The summed E-state index contributed by atoms with van der Waals surface area (Å²) in [6.45, 7) is 5.01. The van der Waals surface area contributed by atoms with Crippen molar-refractivity contribution in [2.45, 2.75) is 45.1 Å². The number of nitrogens with zero attached hydrogens (tertiary/aromatic N) is 6. The Kier molecular flexibility index (Phi) is 4.85. The van der Waals surface area contributed by atoms with Gasteiger partial charge in [0.1, 0.15) is 5.82 Å². The molecule has 170 valence electrons. The third-order valence-corrected chi connectivity index (χ3v) is 7.27. The monoisotopic (exact) mass is 442 g/mol. The molecule has 3 aromatic heterocycles. The molecule has 4 aromatic rings. The van der Waals surface area contributed by atoms with E-state index >= 15 is 0 Å². The number of hydrogen-bond donors (Lipinski definition) is 0. The largest absolute Gasteiger partial charge is 0.356 e. The van der Waals surface area contributed by atoms with Crippen molar-refractivity contribution in [2.75, 3.05) is 24.5 Å². The van der Waals surface area contributed by atoms with Gasteiger partial charge in [0.2, 0.25) is 0 Å². The third kappa shape index (κ3) is 3.46. The SMILES string of the molecule is Cc1cn2nc([C@@H]3CCCCN3C(=O)c3ccc4ccn(C)c4c3)cc2nc1N1CCCC1. The van der Waals surface area contributed by atoms with Gasteiger partial charge >= 0.3 is 0 Å². The van der Waals surface area contributed by atoms with Crippen molar-refractivity contribution < 1.29 is 4.79 Å². The quantitative estimate of drug-likeness (QED) is 0.469. The smallest absolute Gasteiger partial charge is 0.254 e. The fourth-order valence-corrected chi connectivity index (χ4v) is 5.47. The van der Waals surface area contributed by atoms with Crippen LogP contribution in [-0.4, -0.2) is 49.6 Å². The van der Waals surface area contributed by atoms with Crippen LogP contribution in [0.15, 0.2) is 42.7 Å². The van der Waals surface area contributed by atoms with E-state index in [1.165, 1.54) is 12.8 Å². The first-order valence-electron chi connectivity index (χ1n) is 12.1. The molecular formula is C26H30N6O. The van der Waals surface area contributed by atoms with Gasteiger partial charge in [-0.15, -0.1) is 0 Å². The molecule has 2 saturated heterocycles. The van der Waals surface area contributed by atoms with Gasteiger partial charge in [0, 0.05) is 61.8 Å². The predicted molar refractivity (Wildman–Crippen MR) is 130 cm³/mol.